The van der Waals surface area contributed by atoms with Crippen LogP contribution in [0.25, 0.3) is 0 Å². The summed E-state index contributed by atoms with van der Waals surface area (Å²) < 4.78 is 4.89. The molecule has 1 heteroatoms. The standard InChI is InChI=1S/C6H14O.5CH4/c1-4-6(2)5-7-3;;;;;/h6H,4-5H2,1-3H3;5*1H4. The van der Waals surface area contributed by atoms with Crippen molar-refractivity contribution in [2.24, 2.45) is 5.92 Å². The van der Waals surface area contributed by atoms with Gasteiger partial charge in [-0.1, -0.05) is 57.4 Å². The van der Waals surface area contributed by atoms with Crippen LogP contribution in [0.4, 0.5) is 0 Å². The summed E-state index contributed by atoms with van der Waals surface area (Å²) in [7, 11) is 1.74. The first-order chi connectivity index (χ1) is 3.31. The molecule has 84 valence electrons. The minimum Gasteiger partial charge on any atom is -0.384 e. The Morgan fingerprint density at radius 2 is 1.33 bits per heavy atom. The van der Waals surface area contributed by atoms with E-state index in [1.165, 1.54) is 6.42 Å². The summed E-state index contributed by atoms with van der Waals surface area (Å²) in [4.78, 5) is 0. The van der Waals surface area contributed by atoms with Gasteiger partial charge in [-0.15, -0.1) is 0 Å². The highest BCUT2D eigenvalue weighted by Crippen LogP contribution is 1.98. The lowest BCUT2D eigenvalue weighted by Crippen LogP contribution is -2.00. The van der Waals surface area contributed by atoms with Crippen molar-refractivity contribution in [1.29, 1.82) is 0 Å². The van der Waals surface area contributed by atoms with Crippen LogP contribution in [0.5, 0.6) is 0 Å². The second kappa shape index (κ2) is 30.6. The topological polar surface area (TPSA) is 9.23 Å². The van der Waals surface area contributed by atoms with Crippen LogP contribution in [0, 0.1) is 5.92 Å². The van der Waals surface area contributed by atoms with Crippen molar-refractivity contribution >= 4 is 0 Å². The monoisotopic (exact) mass is 182 g/mol. The predicted octanol–water partition coefficient (Wildman–Crippen LogP) is 4.86. The minimum absolute atomic E-state index is 0. The van der Waals surface area contributed by atoms with Crippen molar-refractivity contribution in [2.75, 3.05) is 13.7 Å². The molecule has 0 aliphatic rings. The summed E-state index contributed by atoms with van der Waals surface area (Å²) in [6, 6.07) is 0. The van der Waals surface area contributed by atoms with E-state index >= 15 is 0 Å². The van der Waals surface area contributed by atoms with Gasteiger partial charge in [-0.2, -0.15) is 0 Å². The first-order valence-corrected chi connectivity index (χ1v) is 2.80. The maximum atomic E-state index is 4.89. The van der Waals surface area contributed by atoms with Crippen molar-refractivity contribution in [2.45, 2.75) is 57.4 Å². The van der Waals surface area contributed by atoms with Crippen LogP contribution in [-0.4, -0.2) is 13.7 Å². The highest BCUT2D eigenvalue weighted by atomic mass is 16.5. The molecule has 12 heavy (non-hydrogen) atoms. The lowest BCUT2D eigenvalue weighted by atomic mass is 10.1. The van der Waals surface area contributed by atoms with E-state index in [4.69, 9.17) is 4.74 Å². The molecule has 0 spiro atoms. The van der Waals surface area contributed by atoms with Gasteiger partial charge < -0.3 is 4.74 Å². The van der Waals surface area contributed by atoms with Gasteiger partial charge in [0.15, 0.2) is 0 Å². The average molecular weight is 182 g/mol. The van der Waals surface area contributed by atoms with Gasteiger partial charge in [-0.05, 0) is 5.92 Å². The average Bonchev–Trinajstić information content (AvgIpc) is 1.68. The molecule has 0 aromatic heterocycles. The van der Waals surface area contributed by atoms with E-state index in [0.717, 1.165) is 12.5 Å². The molecule has 0 bridgehead atoms. The van der Waals surface area contributed by atoms with Crippen molar-refractivity contribution in [3.05, 3.63) is 0 Å². The Morgan fingerprint density at radius 3 is 1.42 bits per heavy atom. The van der Waals surface area contributed by atoms with Crippen LogP contribution < -0.4 is 0 Å². The van der Waals surface area contributed by atoms with Gasteiger partial charge in [0.1, 0.15) is 0 Å². The highest BCUT2D eigenvalue weighted by Gasteiger charge is 1.93. The van der Waals surface area contributed by atoms with Gasteiger partial charge >= 0.3 is 0 Å². The number of methoxy groups -OCH3 is 1. The van der Waals surface area contributed by atoms with E-state index in [1.807, 2.05) is 0 Å². The van der Waals surface area contributed by atoms with Gasteiger partial charge in [0.05, 0.1) is 0 Å². The largest absolute Gasteiger partial charge is 0.384 e. The third-order valence-corrected chi connectivity index (χ3v) is 1.15. The van der Waals surface area contributed by atoms with E-state index < -0.39 is 0 Å². The molecule has 0 N–H and O–H groups in total. The molecule has 1 nitrogen and oxygen atoms in total. The molecule has 0 heterocycles. The second-order valence-electron chi connectivity index (χ2n) is 1.97. The smallest absolute Gasteiger partial charge is 0.0487 e. The lowest BCUT2D eigenvalue weighted by molar-refractivity contribution is 0.158. The van der Waals surface area contributed by atoms with Crippen molar-refractivity contribution in [3.63, 3.8) is 0 Å². The molecule has 0 aromatic carbocycles. The first kappa shape index (κ1) is 40.4. The molecule has 0 saturated carbocycles. The van der Waals surface area contributed by atoms with Gasteiger partial charge in [0.25, 0.3) is 0 Å². The fourth-order valence-corrected chi connectivity index (χ4v) is 0.402. The van der Waals surface area contributed by atoms with Gasteiger partial charge in [0, 0.05) is 13.7 Å². The third kappa shape index (κ3) is 32.5. The lowest BCUT2D eigenvalue weighted by Gasteiger charge is -2.03. The van der Waals surface area contributed by atoms with E-state index in [0.29, 0.717) is 0 Å². The van der Waals surface area contributed by atoms with Gasteiger partial charge in [-0.25, -0.2) is 0 Å². The molecular weight excluding hydrogens is 148 g/mol. The zero-order chi connectivity index (χ0) is 5.70. The van der Waals surface area contributed by atoms with E-state index in [2.05, 4.69) is 13.8 Å². The molecule has 0 radical (unpaired) electrons. The maximum absolute atomic E-state index is 4.89. The Kier molecular flexibility index (Phi) is 103. The van der Waals surface area contributed by atoms with Gasteiger partial charge in [-0.3, -0.25) is 0 Å². The number of ether oxygens (including phenoxy) is 1. The Labute approximate surface area is 82.5 Å². The summed E-state index contributed by atoms with van der Waals surface area (Å²) in [5.74, 6) is 0.727. The zero-order valence-electron chi connectivity index (χ0n) is 5.40. The van der Waals surface area contributed by atoms with Crippen molar-refractivity contribution in [1.82, 2.24) is 0 Å². The quantitative estimate of drug-likeness (QED) is 0.605. The SMILES string of the molecule is C.C.C.C.C.CCC(C)COC. The summed E-state index contributed by atoms with van der Waals surface area (Å²) >= 11 is 0. The number of hydrogen-bond donors (Lipinski definition) is 0. The van der Waals surface area contributed by atoms with Crippen LogP contribution >= 0.6 is 0 Å². The number of rotatable bonds is 3. The minimum atomic E-state index is 0. The Balaban J connectivity index is -0.0000000180. The molecule has 0 rings (SSSR count). The van der Waals surface area contributed by atoms with E-state index in [-0.39, 0.29) is 37.1 Å². The molecule has 1 atom stereocenters. The summed E-state index contributed by atoms with van der Waals surface area (Å²) in [5.41, 5.74) is 0. The molecule has 0 fully saturated rings. The fraction of sp³-hybridized carbons (Fsp3) is 1.00. The third-order valence-electron chi connectivity index (χ3n) is 1.15. The normalized spacial score (nSPS) is 8.25. The van der Waals surface area contributed by atoms with E-state index in [1.54, 1.807) is 7.11 Å². The van der Waals surface area contributed by atoms with Gasteiger partial charge in [0.2, 0.25) is 0 Å². The van der Waals surface area contributed by atoms with Crippen LogP contribution in [-0.2, 0) is 4.74 Å². The molecular formula is C11H34O. The highest BCUT2D eigenvalue weighted by molar-refractivity contribution is 4.43. The first-order valence-electron chi connectivity index (χ1n) is 2.80. The summed E-state index contributed by atoms with van der Waals surface area (Å²) in [5, 5.41) is 0. The molecule has 0 aliphatic heterocycles. The zero-order valence-corrected chi connectivity index (χ0v) is 5.40. The second-order valence-corrected chi connectivity index (χ2v) is 1.97. The maximum Gasteiger partial charge on any atom is 0.0487 e. The van der Waals surface area contributed by atoms with Crippen molar-refractivity contribution < 1.29 is 4.74 Å². The summed E-state index contributed by atoms with van der Waals surface area (Å²) in [6.45, 7) is 5.25. The molecule has 0 aromatic rings. The van der Waals surface area contributed by atoms with E-state index in [9.17, 15) is 0 Å². The Hall–Kier alpha value is -0.0400. The molecule has 0 amide bonds. The van der Waals surface area contributed by atoms with Crippen LogP contribution in [0.2, 0.25) is 0 Å². The number of hydrogen-bond acceptors (Lipinski definition) is 1. The van der Waals surface area contributed by atoms with Crippen molar-refractivity contribution in [3.8, 4) is 0 Å². The van der Waals surface area contributed by atoms with Crippen LogP contribution in [0.15, 0.2) is 0 Å². The molecule has 0 saturated heterocycles. The molecule has 1 unspecified atom stereocenters. The fourth-order valence-electron chi connectivity index (χ4n) is 0.402. The van der Waals surface area contributed by atoms with Crippen LogP contribution in [0.3, 0.4) is 0 Å². The summed E-state index contributed by atoms with van der Waals surface area (Å²) in [6.07, 6.45) is 1.22. The van der Waals surface area contributed by atoms with Crippen LogP contribution in [0.1, 0.15) is 57.4 Å². The predicted molar refractivity (Wildman–Crippen MR) is 65.0 cm³/mol. The Morgan fingerprint density at radius 1 is 1.00 bits per heavy atom. The Bertz CT molecular complexity index is 36.0. The molecule has 0 aliphatic carbocycles.